The maximum absolute atomic E-state index is 13.1. The number of benzene rings is 2. The molecule has 0 aliphatic carbocycles. The highest BCUT2D eigenvalue weighted by Gasteiger charge is 2.34. The predicted molar refractivity (Wildman–Crippen MR) is 119 cm³/mol. The van der Waals surface area contributed by atoms with Gasteiger partial charge in [0, 0.05) is 23.6 Å². The fourth-order valence-electron chi connectivity index (χ4n) is 3.39. The van der Waals surface area contributed by atoms with Gasteiger partial charge in [0.15, 0.2) is 0 Å². The number of methoxy groups -OCH3 is 1. The average Bonchev–Trinajstić information content (AvgIpc) is 2.78. The number of hydrogen-bond acceptors (Lipinski definition) is 5. The Kier molecular flexibility index (Phi) is 7.36. The number of anilines is 1. The van der Waals surface area contributed by atoms with E-state index in [4.69, 9.17) is 11.6 Å². The largest absolute Gasteiger partial charge is 0.465 e. The number of hydrogen-bond donors (Lipinski definition) is 1. The van der Waals surface area contributed by atoms with Crippen LogP contribution in [-0.2, 0) is 15.7 Å². The monoisotopic (exact) mass is 490 g/mol. The second-order valence-electron chi connectivity index (χ2n) is 7.31. The van der Waals surface area contributed by atoms with Crippen molar-refractivity contribution in [1.82, 2.24) is 4.98 Å². The molecule has 0 fully saturated rings. The van der Waals surface area contributed by atoms with E-state index in [-0.39, 0.29) is 22.6 Å². The molecular formula is C24H18ClF3N2O4. The number of Topliss-reactive ketones (excluding diaryl/α,β-unsaturated/α-hetero) is 1. The summed E-state index contributed by atoms with van der Waals surface area (Å²) in [6.07, 6.45) is -1.96. The number of ketones is 1. The molecule has 0 aliphatic heterocycles. The minimum Gasteiger partial charge on any atom is -0.465 e. The normalized spacial score (nSPS) is 12.1. The predicted octanol–water partition coefficient (Wildman–Crippen LogP) is 5.51. The maximum atomic E-state index is 13.1. The Morgan fingerprint density at radius 3 is 2.38 bits per heavy atom. The maximum Gasteiger partial charge on any atom is 0.417 e. The van der Waals surface area contributed by atoms with Crippen LogP contribution in [-0.4, -0.2) is 29.8 Å². The molecule has 1 atom stereocenters. The Hall–Kier alpha value is -3.72. The molecule has 0 saturated carbocycles. The number of halogens is 4. The van der Waals surface area contributed by atoms with Crippen LogP contribution in [0.4, 0.5) is 18.9 Å². The number of carbonyl (C=O) groups excluding carboxylic acids is 3. The Morgan fingerprint density at radius 1 is 1.00 bits per heavy atom. The van der Waals surface area contributed by atoms with Gasteiger partial charge in [0.2, 0.25) is 0 Å². The summed E-state index contributed by atoms with van der Waals surface area (Å²) in [5.41, 5.74) is -0.00808. The van der Waals surface area contributed by atoms with Gasteiger partial charge in [0.25, 0.3) is 5.91 Å². The molecule has 6 nitrogen and oxygen atoms in total. The molecule has 0 radical (unpaired) electrons. The van der Waals surface area contributed by atoms with Gasteiger partial charge < -0.3 is 10.1 Å². The van der Waals surface area contributed by atoms with Crippen LogP contribution in [0.5, 0.6) is 0 Å². The van der Waals surface area contributed by atoms with E-state index in [9.17, 15) is 27.6 Å². The van der Waals surface area contributed by atoms with Crippen LogP contribution < -0.4 is 5.32 Å². The quantitative estimate of drug-likeness (QED) is 0.460. The van der Waals surface area contributed by atoms with Crippen molar-refractivity contribution in [2.75, 3.05) is 12.4 Å². The summed E-state index contributed by atoms with van der Waals surface area (Å²) in [5.74, 6) is -2.45. The van der Waals surface area contributed by atoms with Crippen LogP contribution in [0.3, 0.4) is 0 Å². The number of rotatable bonds is 6. The van der Waals surface area contributed by atoms with Crippen molar-refractivity contribution < 1.29 is 32.3 Å². The lowest BCUT2D eigenvalue weighted by atomic mass is 9.88. The Bertz CT molecular complexity index is 1260. The van der Waals surface area contributed by atoms with Gasteiger partial charge in [0.05, 0.1) is 29.2 Å². The molecule has 34 heavy (non-hydrogen) atoms. The topological polar surface area (TPSA) is 85.4 Å². The first-order valence-electron chi connectivity index (χ1n) is 9.83. The molecule has 1 aromatic heterocycles. The first-order chi connectivity index (χ1) is 16.0. The van der Waals surface area contributed by atoms with Gasteiger partial charge in [-0.05, 0) is 54.4 Å². The van der Waals surface area contributed by atoms with Gasteiger partial charge in [-0.3, -0.25) is 14.6 Å². The molecule has 3 rings (SSSR count). The van der Waals surface area contributed by atoms with Gasteiger partial charge in [-0.2, -0.15) is 13.2 Å². The summed E-state index contributed by atoms with van der Waals surface area (Å²) in [5, 5.41) is 2.01. The number of nitrogens with zero attached hydrogens (tertiary/aromatic N) is 1. The molecule has 0 bridgehead atoms. The molecule has 0 aliphatic rings. The minimum absolute atomic E-state index is 0.166. The van der Waals surface area contributed by atoms with Crippen LogP contribution in [0.15, 0.2) is 60.9 Å². The van der Waals surface area contributed by atoms with Crippen molar-refractivity contribution in [3.8, 4) is 0 Å². The fraction of sp³-hybridized carbons (Fsp3) is 0.167. The number of aromatic nitrogens is 1. The third kappa shape index (κ3) is 5.60. The zero-order chi connectivity index (χ0) is 25.0. The van der Waals surface area contributed by atoms with Crippen LogP contribution in [0, 0.1) is 0 Å². The van der Waals surface area contributed by atoms with Crippen LogP contribution in [0.2, 0.25) is 5.02 Å². The van der Waals surface area contributed by atoms with Crippen molar-refractivity contribution >= 4 is 34.9 Å². The molecule has 0 saturated heterocycles. The van der Waals surface area contributed by atoms with Crippen LogP contribution in [0.25, 0.3) is 0 Å². The summed E-state index contributed by atoms with van der Waals surface area (Å²) in [6, 6.07) is 10.6. The van der Waals surface area contributed by atoms with Crippen molar-refractivity contribution in [3.05, 3.63) is 93.8 Å². The van der Waals surface area contributed by atoms with E-state index in [1.54, 1.807) is 12.1 Å². The second-order valence-corrected chi connectivity index (χ2v) is 7.72. The molecule has 1 N–H and O–H groups in total. The lowest BCUT2D eigenvalue weighted by Crippen LogP contribution is -2.16. The SMILES string of the molecule is COC(=O)c1cncc(C(C(C)=O)c2cccc(NC(=O)c3ccc(Cl)c(C(F)(F)F)c3)c2)c1. The summed E-state index contributed by atoms with van der Waals surface area (Å²) in [6.45, 7) is 1.37. The van der Waals surface area contributed by atoms with Crippen molar-refractivity contribution in [1.29, 1.82) is 0 Å². The molecule has 3 aromatic rings. The van der Waals surface area contributed by atoms with Crippen molar-refractivity contribution in [3.63, 3.8) is 0 Å². The van der Waals surface area contributed by atoms with Crippen molar-refractivity contribution in [2.45, 2.75) is 19.0 Å². The summed E-state index contributed by atoms with van der Waals surface area (Å²) in [4.78, 5) is 40.9. The van der Waals surface area contributed by atoms with E-state index < -0.39 is 34.6 Å². The molecule has 1 amide bonds. The van der Waals surface area contributed by atoms with Gasteiger partial charge in [-0.1, -0.05) is 23.7 Å². The number of carbonyl (C=O) groups is 3. The first-order valence-corrected chi connectivity index (χ1v) is 10.2. The smallest absolute Gasteiger partial charge is 0.417 e. The molecule has 10 heteroatoms. The number of pyridine rings is 1. The number of amides is 1. The zero-order valence-corrected chi connectivity index (χ0v) is 18.7. The standard InChI is InChI=1S/C24H18ClF3N2O4/c1-13(31)21(16-8-17(12-29-11-16)23(33)34-2)14-4-3-5-18(9-14)30-22(32)15-6-7-20(25)19(10-15)24(26,27)28/h3-12,21H,1-2H3,(H,30,32). The zero-order valence-electron chi connectivity index (χ0n) is 17.9. The lowest BCUT2D eigenvalue weighted by Gasteiger charge is -2.17. The minimum atomic E-state index is -4.71. The lowest BCUT2D eigenvalue weighted by molar-refractivity contribution is -0.137. The molecule has 0 spiro atoms. The fourth-order valence-corrected chi connectivity index (χ4v) is 3.61. The van der Waals surface area contributed by atoms with Gasteiger partial charge in [0.1, 0.15) is 5.78 Å². The van der Waals surface area contributed by atoms with E-state index in [2.05, 4.69) is 15.0 Å². The molecule has 1 heterocycles. The third-order valence-corrected chi connectivity index (χ3v) is 5.26. The van der Waals surface area contributed by atoms with Crippen LogP contribution in [0.1, 0.15) is 50.2 Å². The number of esters is 1. The first kappa shape index (κ1) is 24.9. The van der Waals surface area contributed by atoms with Gasteiger partial charge >= 0.3 is 12.1 Å². The Labute approximate surface area is 197 Å². The summed E-state index contributed by atoms with van der Waals surface area (Å²) >= 11 is 5.61. The van der Waals surface area contributed by atoms with E-state index >= 15 is 0 Å². The van der Waals surface area contributed by atoms with E-state index in [1.165, 1.54) is 50.7 Å². The highest BCUT2D eigenvalue weighted by molar-refractivity contribution is 6.31. The van der Waals surface area contributed by atoms with Crippen molar-refractivity contribution in [2.24, 2.45) is 0 Å². The average molecular weight is 491 g/mol. The van der Waals surface area contributed by atoms with E-state index in [0.29, 0.717) is 17.2 Å². The molecule has 2 aromatic carbocycles. The molecular weight excluding hydrogens is 473 g/mol. The van der Waals surface area contributed by atoms with E-state index in [0.717, 1.165) is 6.07 Å². The summed E-state index contributed by atoms with van der Waals surface area (Å²) in [7, 11) is 1.22. The third-order valence-electron chi connectivity index (χ3n) is 4.93. The van der Waals surface area contributed by atoms with Crippen LogP contribution >= 0.6 is 11.6 Å². The Morgan fingerprint density at radius 2 is 1.74 bits per heavy atom. The summed E-state index contributed by atoms with van der Waals surface area (Å²) < 4.78 is 44.0. The Balaban J connectivity index is 1.91. The highest BCUT2D eigenvalue weighted by atomic mass is 35.5. The number of nitrogens with one attached hydrogen (secondary N) is 1. The second kappa shape index (κ2) is 10.0. The molecule has 1 unspecified atom stereocenters. The number of ether oxygens (including phenoxy) is 1. The molecule has 176 valence electrons. The van der Waals surface area contributed by atoms with Gasteiger partial charge in [-0.25, -0.2) is 4.79 Å². The van der Waals surface area contributed by atoms with Gasteiger partial charge in [-0.15, -0.1) is 0 Å². The number of alkyl halides is 3. The highest BCUT2D eigenvalue weighted by Crippen LogP contribution is 2.35. The van der Waals surface area contributed by atoms with E-state index in [1.807, 2.05) is 0 Å².